The average molecular weight is 260 g/mol. The number of aldehydes is 1. The van der Waals surface area contributed by atoms with E-state index in [9.17, 15) is 9.90 Å². The van der Waals surface area contributed by atoms with Crippen LogP contribution in [0, 0.1) is 18.3 Å². The maximum absolute atomic E-state index is 11.3. The quantitative estimate of drug-likeness (QED) is 0.820. The van der Waals surface area contributed by atoms with Crippen LogP contribution in [0.2, 0.25) is 0 Å². The third-order valence-corrected chi connectivity index (χ3v) is 5.02. The minimum absolute atomic E-state index is 0.139. The van der Waals surface area contributed by atoms with Gasteiger partial charge in [0.15, 0.2) is 0 Å². The van der Waals surface area contributed by atoms with Crippen molar-refractivity contribution in [2.45, 2.75) is 52.6 Å². The van der Waals surface area contributed by atoms with Gasteiger partial charge in [0.1, 0.15) is 6.29 Å². The monoisotopic (exact) mass is 260 g/mol. The molecular weight excluding hydrogens is 236 g/mol. The summed E-state index contributed by atoms with van der Waals surface area (Å²) in [7, 11) is 0. The summed E-state index contributed by atoms with van der Waals surface area (Å²) in [5, 5.41) is 11.3. The van der Waals surface area contributed by atoms with Crippen molar-refractivity contribution in [1.82, 2.24) is 0 Å². The number of aryl methyl sites for hydroxylation is 1. The maximum Gasteiger partial charge on any atom is 0.150 e. The highest BCUT2D eigenvalue weighted by Crippen LogP contribution is 2.53. The Bertz CT molecular complexity index is 490. The van der Waals surface area contributed by atoms with E-state index in [1.807, 2.05) is 25.1 Å². The number of carbonyl (C=O) groups is 1. The van der Waals surface area contributed by atoms with E-state index < -0.39 is 5.60 Å². The lowest BCUT2D eigenvalue weighted by Crippen LogP contribution is -2.49. The first-order valence-electron chi connectivity index (χ1n) is 7.11. The summed E-state index contributed by atoms with van der Waals surface area (Å²) in [6, 6.07) is 5.72. The molecule has 1 aliphatic rings. The van der Waals surface area contributed by atoms with E-state index in [1.165, 1.54) is 6.42 Å². The molecule has 2 heteroatoms. The van der Waals surface area contributed by atoms with E-state index in [-0.39, 0.29) is 11.3 Å². The first-order valence-corrected chi connectivity index (χ1v) is 7.11. The van der Waals surface area contributed by atoms with Crippen molar-refractivity contribution >= 4 is 6.29 Å². The van der Waals surface area contributed by atoms with Gasteiger partial charge in [-0.1, -0.05) is 45.4 Å². The molecule has 0 bridgehead atoms. The smallest absolute Gasteiger partial charge is 0.150 e. The highest BCUT2D eigenvalue weighted by atomic mass is 16.3. The predicted octanol–water partition coefficient (Wildman–Crippen LogP) is 3.84. The predicted molar refractivity (Wildman–Crippen MR) is 77.3 cm³/mol. The van der Waals surface area contributed by atoms with Gasteiger partial charge in [-0.15, -0.1) is 0 Å². The zero-order chi connectivity index (χ0) is 14.3. The number of hydrogen-bond acceptors (Lipinski definition) is 2. The van der Waals surface area contributed by atoms with E-state index >= 15 is 0 Å². The van der Waals surface area contributed by atoms with Gasteiger partial charge in [-0.05, 0) is 42.2 Å². The summed E-state index contributed by atoms with van der Waals surface area (Å²) >= 11 is 0. The molecular formula is C17H24O2. The molecule has 1 aromatic carbocycles. The molecule has 1 aromatic rings. The van der Waals surface area contributed by atoms with Crippen LogP contribution in [0.5, 0.6) is 0 Å². The van der Waals surface area contributed by atoms with Crippen molar-refractivity contribution in [1.29, 1.82) is 0 Å². The maximum atomic E-state index is 11.3. The Kier molecular flexibility index (Phi) is 3.57. The van der Waals surface area contributed by atoms with E-state index in [2.05, 4.69) is 20.8 Å². The molecule has 1 saturated carbocycles. The number of hydrogen-bond donors (Lipinski definition) is 1. The van der Waals surface area contributed by atoms with Crippen LogP contribution >= 0.6 is 0 Å². The van der Waals surface area contributed by atoms with Crippen molar-refractivity contribution in [3.8, 4) is 0 Å². The zero-order valence-electron chi connectivity index (χ0n) is 12.4. The van der Waals surface area contributed by atoms with Gasteiger partial charge >= 0.3 is 0 Å². The van der Waals surface area contributed by atoms with Gasteiger partial charge in [0, 0.05) is 5.56 Å². The van der Waals surface area contributed by atoms with Crippen LogP contribution in [0.3, 0.4) is 0 Å². The van der Waals surface area contributed by atoms with Crippen LogP contribution in [-0.4, -0.2) is 11.4 Å². The van der Waals surface area contributed by atoms with E-state index in [0.29, 0.717) is 5.56 Å². The van der Waals surface area contributed by atoms with Crippen molar-refractivity contribution in [2.75, 3.05) is 0 Å². The molecule has 0 unspecified atom stereocenters. The summed E-state index contributed by atoms with van der Waals surface area (Å²) in [4.78, 5) is 10.9. The standard InChI is InChI=1S/C17H24O2/c1-12-10-15(8-7-14(12)11-18)17(19)13(2)6-5-9-16(17,3)4/h7-8,10-11,13,19H,5-6,9H2,1-4H3/t13-,17-/m1/s1. The summed E-state index contributed by atoms with van der Waals surface area (Å²) in [5.74, 6) is 0.234. The third-order valence-electron chi connectivity index (χ3n) is 5.02. The highest BCUT2D eigenvalue weighted by Gasteiger charge is 2.50. The van der Waals surface area contributed by atoms with Gasteiger partial charge in [0.25, 0.3) is 0 Å². The Morgan fingerprint density at radius 1 is 1.37 bits per heavy atom. The van der Waals surface area contributed by atoms with E-state index in [1.54, 1.807) is 0 Å². The SMILES string of the molecule is Cc1cc([C@]2(O)[C@H](C)CCCC2(C)C)ccc1C=O. The van der Waals surface area contributed by atoms with Crippen molar-refractivity contribution in [2.24, 2.45) is 11.3 Å². The first-order chi connectivity index (χ1) is 8.83. The Labute approximate surface area is 115 Å². The zero-order valence-corrected chi connectivity index (χ0v) is 12.4. The second kappa shape index (κ2) is 4.75. The number of aliphatic hydroxyl groups is 1. The van der Waals surface area contributed by atoms with Gasteiger partial charge in [-0.3, -0.25) is 4.79 Å². The summed E-state index contributed by atoms with van der Waals surface area (Å²) < 4.78 is 0. The van der Waals surface area contributed by atoms with Gasteiger partial charge in [0.05, 0.1) is 5.60 Å². The summed E-state index contributed by atoms with van der Waals surface area (Å²) in [5.41, 5.74) is 1.65. The van der Waals surface area contributed by atoms with E-state index in [0.717, 1.165) is 30.3 Å². The molecule has 1 fully saturated rings. The van der Waals surface area contributed by atoms with E-state index in [4.69, 9.17) is 0 Å². The largest absolute Gasteiger partial charge is 0.384 e. The highest BCUT2D eigenvalue weighted by molar-refractivity contribution is 5.77. The van der Waals surface area contributed by atoms with Crippen LogP contribution in [-0.2, 0) is 5.60 Å². The topological polar surface area (TPSA) is 37.3 Å². The normalized spacial score (nSPS) is 30.1. The molecule has 0 aliphatic heterocycles. The Morgan fingerprint density at radius 2 is 2.05 bits per heavy atom. The minimum Gasteiger partial charge on any atom is -0.384 e. The molecule has 1 aliphatic carbocycles. The summed E-state index contributed by atoms with van der Waals surface area (Å²) in [6.45, 7) is 8.35. The van der Waals surface area contributed by atoms with Gasteiger partial charge in [-0.2, -0.15) is 0 Å². The lowest BCUT2D eigenvalue weighted by atomic mass is 9.58. The molecule has 0 spiro atoms. The van der Waals surface area contributed by atoms with Crippen molar-refractivity contribution < 1.29 is 9.90 Å². The van der Waals surface area contributed by atoms with Gasteiger partial charge < -0.3 is 5.11 Å². The van der Waals surface area contributed by atoms with Crippen LogP contribution in [0.25, 0.3) is 0 Å². The van der Waals surface area contributed by atoms with Crippen LogP contribution < -0.4 is 0 Å². The Balaban J connectivity index is 2.53. The van der Waals surface area contributed by atoms with Crippen LogP contribution in [0.4, 0.5) is 0 Å². The molecule has 0 heterocycles. The molecule has 104 valence electrons. The molecule has 2 nitrogen and oxygen atoms in total. The van der Waals surface area contributed by atoms with Crippen molar-refractivity contribution in [3.63, 3.8) is 0 Å². The molecule has 0 saturated heterocycles. The fourth-order valence-corrected chi connectivity index (χ4v) is 3.64. The molecule has 0 aromatic heterocycles. The van der Waals surface area contributed by atoms with Crippen molar-refractivity contribution in [3.05, 3.63) is 34.9 Å². The molecule has 2 atom stereocenters. The number of carbonyl (C=O) groups excluding carboxylic acids is 1. The third kappa shape index (κ3) is 2.12. The van der Waals surface area contributed by atoms with Gasteiger partial charge in [0.2, 0.25) is 0 Å². The lowest BCUT2D eigenvalue weighted by molar-refractivity contribution is -0.140. The second-order valence-corrected chi connectivity index (χ2v) is 6.63. The molecule has 1 N–H and O–H groups in total. The Morgan fingerprint density at radius 3 is 2.58 bits per heavy atom. The van der Waals surface area contributed by atoms with Gasteiger partial charge in [-0.25, -0.2) is 0 Å². The fourth-order valence-electron chi connectivity index (χ4n) is 3.64. The van der Waals surface area contributed by atoms with Crippen LogP contribution in [0.15, 0.2) is 18.2 Å². The first kappa shape index (κ1) is 14.3. The lowest BCUT2D eigenvalue weighted by Gasteiger charge is -2.51. The molecule has 0 amide bonds. The molecule has 19 heavy (non-hydrogen) atoms. The summed E-state index contributed by atoms with van der Waals surface area (Å²) in [6.07, 6.45) is 4.12. The minimum atomic E-state index is -0.808. The second-order valence-electron chi connectivity index (χ2n) is 6.63. The molecule has 2 rings (SSSR count). The Hall–Kier alpha value is -1.15. The van der Waals surface area contributed by atoms with Crippen LogP contribution in [0.1, 0.15) is 61.5 Å². The number of rotatable bonds is 2. The fraction of sp³-hybridized carbons (Fsp3) is 0.588. The molecule has 0 radical (unpaired) electrons. The average Bonchev–Trinajstić information content (AvgIpc) is 2.35. The number of benzene rings is 1.